The molecule has 1 aliphatic rings. The number of hydrogen-bond donors (Lipinski definition) is 2. The number of carbonyl (C=O) groups excluding carboxylic acids is 3. The fourth-order valence-electron chi connectivity index (χ4n) is 3.16. The highest BCUT2D eigenvalue weighted by Gasteiger charge is 2.35. The summed E-state index contributed by atoms with van der Waals surface area (Å²) in [6, 6.07) is 12.9. The van der Waals surface area contributed by atoms with Crippen molar-refractivity contribution in [3.8, 4) is 0 Å². The molecular formula is C21H22ClN3O3S. The SMILES string of the molecule is CSc1cccc(N2C[C@H](C(=O)NCC(=O)Nc3cccc(Cl)c3C)CC2=O)c1. The molecule has 0 aromatic heterocycles. The van der Waals surface area contributed by atoms with Crippen LogP contribution in [0.1, 0.15) is 12.0 Å². The number of carbonyl (C=O) groups is 3. The molecule has 0 radical (unpaired) electrons. The third kappa shape index (κ3) is 5.10. The maximum Gasteiger partial charge on any atom is 0.243 e. The van der Waals surface area contributed by atoms with Crippen LogP contribution in [0.2, 0.25) is 5.02 Å². The Balaban J connectivity index is 1.55. The highest BCUT2D eigenvalue weighted by molar-refractivity contribution is 7.98. The van der Waals surface area contributed by atoms with Crippen molar-refractivity contribution >= 4 is 52.5 Å². The van der Waals surface area contributed by atoms with Crippen LogP contribution in [-0.4, -0.2) is 37.1 Å². The van der Waals surface area contributed by atoms with Gasteiger partial charge in [-0.2, -0.15) is 0 Å². The molecule has 6 nitrogen and oxygen atoms in total. The zero-order valence-electron chi connectivity index (χ0n) is 16.2. The number of amides is 3. The van der Waals surface area contributed by atoms with Gasteiger partial charge in [-0.15, -0.1) is 11.8 Å². The molecule has 1 atom stereocenters. The molecule has 1 aliphatic heterocycles. The molecule has 0 bridgehead atoms. The van der Waals surface area contributed by atoms with E-state index < -0.39 is 5.92 Å². The lowest BCUT2D eigenvalue weighted by molar-refractivity contribution is -0.127. The molecule has 152 valence electrons. The topological polar surface area (TPSA) is 78.5 Å². The van der Waals surface area contributed by atoms with Crippen molar-refractivity contribution < 1.29 is 14.4 Å². The third-order valence-corrected chi connectivity index (χ3v) is 5.96. The quantitative estimate of drug-likeness (QED) is 0.686. The van der Waals surface area contributed by atoms with Gasteiger partial charge in [-0.25, -0.2) is 0 Å². The molecule has 0 saturated carbocycles. The van der Waals surface area contributed by atoms with Crippen molar-refractivity contribution in [1.29, 1.82) is 0 Å². The largest absolute Gasteiger partial charge is 0.347 e. The number of halogens is 1. The van der Waals surface area contributed by atoms with Crippen LogP contribution in [0, 0.1) is 12.8 Å². The van der Waals surface area contributed by atoms with Crippen LogP contribution >= 0.6 is 23.4 Å². The Morgan fingerprint density at radius 1 is 1.24 bits per heavy atom. The summed E-state index contributed by atoms with van der Waals surface area (Å²) in [6.45, 7) is 1.94. The Hall–Kier alpha value is -2.51. The van der Waals surface area contributed by atoms with Crippen molar-refractivity contribution in [3.05, 3.63) is 53.1 Å². The first-order valence-corrected chi connectivity index (χ1v) is 10.8. The van der Waals surface area contributed by atoms with Gasteiger partial charge in [0.05, 0.1) is 12.5 Å². The van der Waals surface area contributed by atoms with Crippen LogP contribution in [-0.2, 0) is 14.4 Å². The van der Waals surface area contributed by atoms with Crippen LogP contribution in [0.5, 0.6) is 0 Å². The maximum atomic E-state index is 12.5. The monoisotopic (exact) mass is 431 g/mol. The average molecular weight is 432 g/mol. The van der Waals surface area contributed by atoms with E-state index in [2.05, 4.69) is 10.6 Å². The second-order valence-electron chi connectivity index (χ2n) is 6.79. The van der Waals surface area contributed by atoms with Crippen molar-refractivity contribution in [2.45, 2.75) is 18.2 Å². The smallest absolute Gasteiger partial charge is 0.243 e. The lowest BCUT2D eigenvalue weighted by atomic mass is 10.1. The van der Waals surface area contributed by atoms with Crippen LogP contribution < -0.4 is 15.5 Å². The summed E-state index contributed by atoms with van der Waals surface area (Å²) in [4.78, 5) is 39.7. The normalized spacial score (nSPS) is 16.0. The Bertz CT molecular complexity index is 951. The fraction of sp³-hybridized carbons (Fsp3) is 0.286. The second-order valence-corrected chi connectivity index (χ2v) is 8.07. The number of hydrogen-bond acceptors (Lipinski definition) is 4. The second kappa shape index (κ2) is 9.33. The van der Waals surface area contributed by atoms with E-state index in [9.17, 15) is 14.4 Å². The number of nitrogens with one attached hydrogen (secondary N) is 2. The summed E-state index contributed by atoms with van der Waals surface area (Å²) < 4.78 is 0. The highest BCUT2D eigenvalue weighted by Crippen LogP contribution is 2.28. The molecule has 0 unspecified atom stereocenters. The molecule has 3 rings (SSSR count). The van der Waals surface area contributed by atoms with Crippen LogP contribution in [0.15, 0.2) is 47.4 Å². The van der Waals surface area contributed by atoms with Crippen molar-refractivity contribution in [2.75, 3.05) is 29.6 Å². The fourth-order valence-corrected chi connectivity index (χ4v) is 3.79. The summed E-state index contributed by atoms with van der Waals surface area (Å²) in [6.07, 6.45) is 2.10. The maximum absolute atomic E-state index is 12.5. The first kappa shape index (κ1) is 21.2. The van der Waals surface area contributed by atoms with Crippen molar-refractivity contribution in [2.24, 2.45) is 5.92 Å². The zero-order valence-corrected chi connectivity index (χ0v) is 17.8. The molecule has 1 heterocycles. The molecule has 3 amide bonds. The predicted molar refractivity (Wildman–Crippen MR) is 117 cm³/mol. The number of rotatable bonds is 6. The minimum atomic E-state index is -0.485. The van der Waals surface area contributed by atoms with Gasteiger partial charge < -0.3 is 15.5 Å². The summed E-state index contributed by atoms with van der Waals surface area (Å²) in [5.74, 6) is -1.24. The predicted octanol–water partition coefficient (Wildman–Crippen LogP) is 3.48. The molecular weight excluding hydrogens is 410 g/mol. The van der Waals surface area contributed by atoms with E-state index in [1.807, 2.05) is 30.5 Å². The van der Waals surface area contributed by atoms with Gasteiger partial charge in [-0.05, 0) is 49.1 Å². The van der Waals surface area contributed by atoms with E-state index in [4.69, 9.17) is 11.6 Å². The van der Waals surface area contributed by atoms with Crippen molar-refractivity contribution in [3.63, 3.8) is 0 Å². The van der Waals surface area contributed by atoms with Gasteiger partial charge in [0.15, 0.2) is 0 Å². The Labute approximate surface area is 179 Å². The van der Waals surface area contributed by atoms with E-state index in [-0.39, 0.29) is 30.7 Å². The minimum absolute atomic E-state index is 0.0950. The lowest BCUT2D eigenvalue weighted by Crippen LogP contribution is -2.38. The number of benzene rings is 2. The van der Waals surface area contributed by atoms with Crippen molar-refractivity contribution in [1.82, 2.24) is 5.32 Å². The van der Waals surface area contributed by atoms with Gasteiger partial charge in [0, 0.05) is 34.3 Å². The first-order chi connectivity index (χ1) is 13.9. The van der Waals surface area contributed by atoms with E-state index in [1.54, 1.807) is 41.8 Å². The Morgan fingerprint density at radius 3 is 2.76 bits per heavy atom. The van der Waals surface area contributed by atoms with Crippen LogP contribution in [0.3, 0.4) is 0 Å². The van der Waals surface area contributed by atoms with E-state index >= 15 is 0 Å². The zero-order chi connectivity index (χ0) is 21.0. The third-order valence-electron chi connectivity index (χ3n) is 4.83. The number of anilines is 2. The Kier molecular flexibility index (Phi) is 6.82. The number of nitrogens with zero attached hydrogens (tertiary/aromatic N) is 1. The molecule has 0 aliphatic carbocycles. The summed E-state index contributed by atoms with van der Waals surface area (Å²) >= 11 is 7.64. The average Bonchev–Trinajstić information content (AvgIpc) is 3.11. The van der Waals surface area contributed by atoms with Gasteiger partial charge >= 0.3 is 0 Å². The summed E-state index contributed by atoms with van der Waals surface area (Å²) in [7, 11) is 0. The molecule has 0 spiro atoms. The number of thioether (sulfide) groups is 1. The van der Waals surface area contributed by atoms with E-state index in [0.29, 0.717) is 17.3 Å². The van der Waals surface area contributed by atoms with Crippen LogP contribution in [0.25, 0.3) is 0 Å². The molecule has 2 aromatic carbocycles. The molecule has 29 heavy (non-hydrogen) atoms. The van der Waals surface area contributed by atoms with Gasteiger partial charge in [0.25, 0.3) is 0 Å². The van der Waals surface area contributed by atoms with E-state index in [1.165, 1.54) is 0 Å². The molecule has 8 heteroatoms. The first-order valence-electron chi connectivity index (χ1n) is 9.16. The van der Waals surface area contributed by atoms with Crippen LogP contribution in [0.4, 0.5) is 11.4 Å². The summed E-state index contributed by atoms with van der Waals surface area (Å²) in [5.41, 5.74) is 2.15. The van der Waals surface area contributed by atoms with E-state index in [0.717, 1.165) is 16.1 Å². The van der Waals surface area contributed by atoms with Gasteiger partial charge in [-0.1, -0.05) is 23.7 Å². The van der Waals surface area contributed by atoms with Gasteiger partial charge in [-0.3, -0.25) is 14.4 Å². The molecule has 1 fully saturated rings. The Morgan fingerprint density at radius 2 is 2.00 bits per heavy atom. The molecule has 2 aromatic rings. The van der Waals surface area contributed by atoms with Gasteiger partial charge in [0.1, 0.15) is 0 Å². The lowest BCUT2D eigenvalue weighted by Gasteiger charge is -2.17. The molecule has 2 N–H and O–H groups in total. The summed E-state index contributed by atoms with van der Waals surface area (Å²) in [5, 5.41) is 5.92. The highest BCUT2D eigenvalue weighted by atomic mass is 35.5. The minimum Gasteiger partial charge on any atom is -0.347 e. The molecule has 1 saturated heterocycles. The standard InChI is InChI=1S/C21H22ClN3O3S/c1-13-17(22)7-4-8-18(13)24-19(26)11-23-21(28)14-9-20(27)25(12-14)15-5-3-6-16(10-15)29-2/h3-8,10,14H,9,11-12H2,1-2H3,(H,23,28)(H,24,26)/t14-/m1/s1. The van der Waals surface area contributed by atoms with Gasteiger partial charge in [0.2, 0.25) is 17.7 Å².